The van der Waals surface area contributed by atoms with Gasteiger partial charge in [-0.15, -0.1) is 0 Å². The molecule has 3 rings (SSSR count). The summed E-state index contributed by atoms with van der Waals surface area (Å²) in [5.74, 6) is 1.38. The molecule has 0 aliphatic carbocycles. The first-order valence-electron chi connectivity index (χ1n) is 10.6. The molecule has 6 nitrogen and oxygen atoms in total. The van der Waals surface area contributed by atoms with Gasteiger partial charge >= 0.3 is 14.1 Å². The molecule has 4 atom stereocenters. The fraction of sp³-hybridized carbons (Fsp3) is 0.842. The second-order valence-electron chi connectivity index (χ2n) is 8.74. The Bertz CT molecular complexity index is 530. The zero-order valence-corrected chi connectivity index (χ0v) is 17.8. The molecule has 1 aromatic rings. The predicted molar refractivity (Wildman–Crippen MR) is 113 cm³/mol. The van der Waals surface area contributed by atoms with Gasteiger partial charge in [-0.25, -0.2) is 4.98 Å². The smallest absolute Gasteiger partial charge is 0.376 e. The van der Waals surface area contributed by atoms with Crippen molar-refractivity contribution >= 4 is 14.1 Å². The highest BCUT2D eigenvalue weighted by Gasteiger charge is 2.30. The highest BCUT2D eigenvalue weighted by atomic mass is 16.2. The Hall–Kier alpha value is -0.820. The molecule has 2 N–H and O–H groups in total. The fourth-order valence-electron chi connectivity index (χ4n) is 4.42. The highest BCUT2D eigenvalue weighted by molar-refractivity contribution is 6.45. The zero-order chi connectivity index (χ0) is 20.0. The molecule has 0 saturated carbocycles. The normalized spacial score (nSPS) is 29.7. The molecule has 0 spiro atoms. The quantitative estimate of drug-likeness (QED) is 0.790. The summed E-state index contributed by atoms with van der Waals surface area (Å²) >= 11 is 0. The molecule has 1 aromatic heterocycles. The summed E-state index contributed by atoms with van der Waals surface area (Å²) in [7, 11) is -0.603. The molecule has 8 heteroatoms. The summed E-state index contributed by atoms with van der Waals surface area (Å²) in [6, 6.07) is 1.06. The van der Waals surface area contributed by atoms with E-state index in [1.807, 2.05) is 32.4 Å². The predicted octanol–water partition coefficient (Wildman–Crippen LogP) is 2.31. The van der Waals surface area contributed by atoms with E-state index in [2.05, 4.69) is 39.9 Å². The Balaban J connectivity index is 0.000000208. The highest BCUT2D eigenvalue weighted by Crippen LogP contribution is 2.23. The van der Waals surface area contributed by atoms with E-state index in [0.29, 0.717) is 18.0 Å². The summed E-state index contributed by atoms with van der Waals surface area (Å²) in [6.45, 7) is 13.4. The van der Waals surface area contributed by atoms with Crippen LogP contribution in [0.15, 0.2) is 18.7 Å². The Morgan fingerprint density at radius 3 is 2.04 bits per heavy atom. The van der Waals surface area contributed by atoms with Crippen LogP contribution in [0, 0.1) is 11.8 Å². The standard InChI is InChI=1S/C11H20BN3O.C8H18BNO/c1-10-3-4-11(8-15(10)12(2)16)7-14-6-5-13-9-14;1-7-4-5-8(2)10(6-7)9(3)11/h5-6,9-11,16H,3-4,7-8H2,1-2H3;7-8,11H,4-6H2,1-3H3. The summed E-state index contributed by atoms with van der Waals surface area (Å²) in [5, 5.41) is 19.1. The van der Waals surface area contributed by atoms with Gasteiger partial charge in [0.25, 0.3) is 0 Å². The molecule has 4 unspecified atom stereocenters. The third kappa shape index (κ3) is 6.93. The van der Waals surface area contributed by atoms with E-state index < -0.39 is 0 Å². The average molecular weight is 376 g/mol. The minimum absolute atomic E-state index is 0.271. The number of piperidine rings is 2. The molecule has 0 radical (unpaired) electrons. The topological polar surface area (TPSA) is 64.8 Å². The lowest BCUT2D eigenvalue weighted by Gasteiger charge is -2.38. The van der Waals surface area contributed by atoms with Crippen LogP contribution in [-0.4, -0.2) is 68.5 Å². The van der Waals surface area contributed by atoms with Crippen LogP contribution < -0.4 is 0 Å². The molecule has 0 aromatic carbocycles. The minimum atomic E-state index is -0.333. The van der Waals surface area contributed by atoms with Crippen molar-refractivity contribution in [2.75, 3.05) is 13.1 Å². The molecule has 3 heterocycles. The van der Waals surface area contributed by atoms with Gasteiger partial charge in [0.15, 0.2) is 0 Å². The van der Waals surface area contributed by atoms with E-state index >= 15 is 0 Å². The zero-order valence-electron chi connectivity index (χ0n) is 17.8. The summed E-state index contributed by atoms with van der Waals surface area (Å²) in [6.07, 6.45) is 10.6. The lowest BCUT2D eigenvalue weighted by molar-refractivity contribution is 0.172. The van der Waals surface area contributed by atoms with Crippen molar-refractivity contribution in [3.8, 4) is 0 Å². The van der Waals surface area contributed by atoms with Gasteiger partial charge in [0.1, 0.15) is 0 Å². The first-order chi connectivity index (χ1) is 12.8. The van der Waals surface area contributed by atoms with Crippen LogP contribution in [-0.2, 0) is 6.54 Å². The van der Waals surface area contributed by atoms with Crippen LogP contribution in [0.2, 0.25) is 13.6 Å². The van der Waals surface area contributed by atoms with Crippen molar-refractivity contribution in [3.05, 3.63) is 18.7 Å². The second-order valence-corrected chi connectivity index (χ2v) is 8.74. The summed E-state index contributed by atoms with van der Waals surface area (Å²) in [4.78, 5) is 8.42. The Morgan fingerprint density at radius 1 is 0.926 bits per heavy atom. The molecule has 0 bridgehead atoms. The van der Waals surface area contributed by atoms with Crippen molar-refractivity contribution in [1.29, 1.82) is 0 Å². The van der Waals surface area contributed by atoms with Gasteiger partial charge in [-0.2, -0.15) is 0 Å². The Labute approximate surface area is 166 Å². The average Bonchev–Trinajstić information content (AvgIpc) is 3.12. The minimum Gasteiger partial charge on any atom is -0.437 e. The lowest BCUT2D eigenvalue weighted by Crippen LogP contribution is -2.49. The number of nitrogens with zero attached hydrogens (tertiary/aromatic N) is 4. The second kappa shape index (κ2) is 10.6. The van der Waals surface area contributed by atoms with E-state index in [9.17, 15) is 10.0 Å². The van der Waals surface area contributed by atoms with Gasteiger partial charge in [0.05, 0.1) is 6.33 Å². The van der Waals surface area contributed by atoms with Gasteiger partial charge in [0.2, 0.25) is 0 Å². The summed E-state index contributed by atoms with van der Waals surface area (Å²) < 4.78 is 2.13. The number of hydrogen-bond donors (Lipinski definition) is 2. The van der Waals surface area contributed by atoms with Crippen molar-refractivity contribution in [3.63, 3.8) is 0 Å². The molecule has 152 valence electrons. The van der Waals surface area contributed by atoms with Gasteiger partial charge in [-0.1, -0.05) is 20.8 Å². The van der Waals surface area contributed by atoms with Gasteiger partial charge in [-0.05, 0) is 76.3 Å². The molecule has 2 aliphatic heterocycles. The van der Waals surface area contributed by atoms with Crippen LogP contribution in [0.1, 0.15) is 46.5 Å². The van der Waals surface area contributed by atoms with Gasteiger partial charge in [-0.3, -0.25) is 0 Å². The molecular weight excluding hydrogens is 338 g/mol. The molecule has 2 aliphatic rings. The van der Waals surface area contributed by atoms with E-state index in [1.54, 1.807) is 0 Å². The van der Waals surface area contributed by atoms with Crippen LogP contribution in [0.5, 0.6) is 0 Å². The third-order valence-electron chi connectivity index (χ3n) is 6.18. The van der Waals surface area contributed by atoms with E-state index in [0.717, 1.165) is 25.6 Å². The maximum atomic E-state index is 9.70. The first kappa shape index (κ1) is 22.5. The monoisotopic (exact) mass is 376 g/mol. The van der Waals surface area contributed by atoms with Gasteiger partial charge < -0.3 is 24.2 Å². The van der Waals surface area contributed by atoms with Crippen molar-refractivity contribution in [2.45, 2.75) is 78.7 Å². The van der Waals surface area contributed by atoms with Crippen molar-refractivity contribution in [2.24, 2.45) is 11.8 Å². The first-order valence-corrected chi connectivity index (χ1v) is 10.6. The summed E-state index contributed by atoms with van der Waals surface area (Å²) in [5.41, 5.74) is 0. The Morgan fingerprint density at radius 2 is 1.52 bits per heavy atom. The molecular formula is C19H38B2N4O2. The van der Waals surface area contributed by atoms with Gasteiger partial charge in [0, 0.05) is 18.9 Å². The third-order valence-corrected chi connectivity index (χ3v) is 6.18. The van der Waals surface area contributed by atoms with E-state index in [4.69, 9.17) is 0 Å². The number of rotatable bonds is 4. The van der Waals surface area contributed by atoms with E-state index in [1.165, 1.54) is 25.7 Å². The maximum Gasteiger partial charge on any atom is 0.376 e. The number of hydrogen-bond acceptors (Lipinski definition) is 5. The van der Waals surface area contributed by atoms with Crippen LogP contribution in [0.3, 0.4) is 0 Å². The van der Waals surface area contributed by atoms with Crippen molar-refractivity contribution < 1.29 is 10.0 Å². The fourth-order valence-corrected chi connectivity index (χ4v) is 4.42. The lowest BCUT2D eigenvalue weighted by atomic mass is 9.78. The molecule has 2 fully saturated rings. The molecule has 27 heavy (non-hydrogen) atoms. The van der Waals surface area contributed by atoms with Crippen molar-refractivity contribution in [1.82, 2.24) is 19.2 Å². The van der Waals surface area contributed by atoms with Crippen LogP contribution >= 0.6 is 0 Å². The van der Waals surface area contributed by atoms with Crippen LogP contribution in [0.25, 0.3) is 0 Å². The number of imidazole rings is 1. The molecule has 2 saturated heterocycles. The van der Waals surface area contributed by atoms with E-state index in [-0.39, 0.29) is 14.1 Å². The molecule has 0 amide bonds. The number of aromatic nitrogens is 2. The Kier molecular flexibility index (Phi) is 8.86. The maximum absolute atomic E-state index is 9.70. The largest absolute Gasteiger partial charge is 0.437 e. The van der Waals surface area contributed by atoms with Crippen LogP contribution in [0.4, 0.5) is 0 Å². The SMILES string of the molecule is CB(O)N1CC(C)CCC1C.CB(O)N1CC(Cn2ccnc2)CCC1C.